The lowest BCUT2D eigenvalue weighted by atomic mass is 9.88. The Hall–Kier alpha value is -5.81. The number of fused-ring (bicyclic) bond motifs is 3. The molecular weight excluding hydrogens is 589 g/mol. The molecular formula is C43H38N4O. The molecule has 2 aromatic heterocycles. The molecule has 5 nitrogen and oxygen atoms in total. The van der Waals surface area contributed by atoms with Crippen molar-refractivity contribution in [1.29, 1.82) is 0 Å². The molecule has 48 heavy (non-hydrogen) atoms. The van der Waals surface area contributed by atoms with Crippen LogP contribution in [0.1, 0.15) is 31.9 Å². The predicted molar refractivity (Wildman–Crippen MR) is 199 cm³/mol. The van der Waals surface area contributed by atoms with E-state index < -0.39 is 0 Å². The number of benzene rings is 5. The Morgan fingerprint density at radius 1 is 0.646 bits per heavy atom. The van der Waals surface area contributed by atoms with Gasteiger partial charge < -0.3 is 14.5 Å². The minimum absolute atomic E-state index is 0.0162. The number of aromatic nitrogens is 2. The van der Waals surface area contributed by atoms with Gasteiger partial charge in [-0.3, -0.25) is 4.57 Å². The highest BCUT2D eigenvalue weighted by atomic mass is 16.5. The Labute approximate surface area is 282 Å². The van der Waals surface area contributed by atoms with Gasteiger partial charge in [-0.2, -0.15) is 0 Å². The molecule has 8 rings (SSSR count). The molecule has 0 N–H and O–H groups in total. The first-order chi connectivity index (χ1) is 23.3. The number of nitrogens with zero attached hydrogens (tertiary/aromatic N) is 4. The number of hydrogen-bond donors (Lipinski definition) is 0. The molecule has 0 radical (unpaired) electrons. The van der Waals surface area contributed by atoms with Gasteiger partial charge in [0, 0.05) is 52.9 Å². The van der Waals surface area contributed by atoms with E-state index in [0.29, 0.717) is 0 Å². The quantitative estimate of drug-likeness (QED) is 0.184. The average molecular weight is 627 g/mol. The zero-order valence-corrected chi connectivity index (χ0v) is 27.8. The third-order valence-corrected chi connectivity index (χ3v) is 9.30. The standard InChI is InChI=1S/C43H38N4O/c1-30-36(31-12-6-5-7-13-31)17-11-19-39(30)46-25-24-45(29-46)33-14-10-15-34(27-33)48-35-20-21-38-37-16-8-9-18-40(37)47(41(38)28-35)42-26-32(22-23-44-42)43(2,3)4/h5-28H,29H2,1-4H3. The average Bonchev–Trinajstić information content (AvgIpc) is 3.72. The van der Waals surface area contributed by atoms with Crippen molar-refractivity contribution in [3.8, 4) is 28.4 Å². The van der Waals surface area contributed by atoms with E-state index in [2.05, 4.69) is 176 Å². The number of hydrogen-bond acceptors (Lipinski definition) is 4. The molecule has 3 heterocycles. The third kappa shape index (κ3) is 5.37. The number of rotatable bonds is 6. The lowest BCUT2D eigenvalue weighted by Crippen LogP contribution is -2.25. The molecule has 5 aromatic carbocycles. The minimum atomic E-state index is 0.0162. The van der Waals surface area contributed by atoms with E-state index >= 15 is 0 Å². The van der Waals surface area contributed by atoms with Gasteiger partial charge in [-0.1, -0.05) is 87.5 Å². The zero-order chi connectivity index (χ0) is 32.8. The largest absolute Gasteiger partial charge is 0.457 e. The lowest BCUT2D eigenvalue weighted by Gasteiger charge is -2.24. The van der Waals surface area contributed by atoms with Gasteiger partial charge in [0.05, 0.1) is 17.7 Å². The second kappa shape index (κ2) is 11.8. The number of para-hydroxylation sites is 1. The molecule has 0 amide bonds. The summed E-state index contributed by atoms with van der Waals surface area (Å²) in [5.41, 5.74) is 9.48. The van der Waals surface area contributed by atoms with Crippen molar-refractivity contribution in [2.45, 2.75) is 33.1 Å². The van der Waals surface area contributed by atoms with Crippen LogP contribution in [0, 0.1) is 6.92 Å². The Morgan fingerprint density at radius 2 is 1.40 bits per heavy atom. The number of pyridine rings is 1. The molecule has 0 saturated heterocycles. The van der Waals surface area contributed by atoms with E-state index in [9.17, 15) is 0 Å². The van der Waals surface area contributed by atoms with Crippen LogP contribution in [0.3, 0.4) is 0 Å². The number of ether oxygens (including phenoxy) is 1. The summed E-state index contributed by atoms with van der Waals surface area (Å²) in [6, 6.07) is 44.6. The Bertz CT molecular complexity index is 2310. The van der Waals surface area contributed by atoms with Crippen molar-refractivity contribution in [2.75, 3.05) is 16.5 Å². The van der Waals surface area contributed by atoms with E-state index in [0.717, 1.165) is 40.7 Å². The first-order valence-corrected chi connectivity index (χ1v) is 16.5. The minimum Gasteiger partial charge on any atom is -0.457 e. The fourth-order valence-corrected chi connectivity index (χ4v) is 6.74. The van der Waals surface area contributed by atoms with Crippen LogP contribution in [0.25, 0.3) is 38.8 Å². The maximum absolute atomic E-state index is 6.55. The molecule has 0 unspecified atom stereocenters. The van der Waals surface area contributed by atoms with Crippen molar-refractivity contribution >= 4 is 33.2 Å². The first-order valence-electron chi connectivity index (χ1n) is 16.5. The van der Waals surface area contributed by atoms with Gasteiger partial charge in [0.25, 0.3) is 0 Å². The number of anilines is 2. The summed E-state index contributed by atoms with van der Waals surface area (Å²) >= 11 is 0. The van der Waals surface area contributed by atoms with E-state index in [1.54, 1.807) is 0 Å². The summed E-state index contributed by atoms with van der Waals surface area (Å²) in [6.07, 6.45) is 6.20. The first kappa shape index (κ1) is 29.6. The van der Waals surface area contributed by atoms with Crippen LogP contribution in [-0.2, 0) is 5.41 Å². The van der Waals surface area contributed by atoms with Gasteiger partial charge in [0.15, 0.2) is 0 Å². The van der Waals surface area contributed by atoms with Gasteiger partial charge in [0.1, 0.15) is 17.3 Å². The van der Waals surface area contributed by atoms with Crippen LogP contribution in [0.4, 0.5) is 11.4 Å². The molecule has 1 aliphatic heterocycles. The highest BCUT2D eigenvalue weighted by Crippen LogP contribution is 2.37. The van der Waals surface area contributed by atoms with Gasteiger partial charge in [-0.05, 0) is 83.1 Å². The second-order valence-electron chi connectivity index (χ2n) is 13.5. The molecule has 0 saturated carbocycles. The maximum atomic E-state index is 6.55. The van der Waals surface area contributed by atoms with Crippen LogP contribution in [0.2, 0.25) is 0 Å². The summed E-state index contributed by atoms with van der Waals surface area (Å²) in [5, 5.41) is 2.36. The summed E-state index contributed by atoms with van der Waals surface area (Å²) in [7, 11) is 0. The maximum Gasteiger partial charge on any atom is 0.137 e. The molecule has 0 fully saturated rings. The third-order valence-electron chi connectivity index (χ3n) is 9.30. The second-order valence-corrected chi connectivity index (χ2v) is 13.5. The summed E-state index contributed by atoms with van der Waals surface area (Å²) in [5.74, 6) is 2.47. The molecule has 0 aliphatic carbocycles. The molecule has 0 atom stereocenters. The van der Waals surface area contributed by atoms with Crippen molar-refractivity contribution in [1.82, 2.24) is 9.55 Å². The molecule has 5 heteroatoms. The Morgan fingerprint density at radius 3 is 2.25 bits per heavy atom. The summed E-state index contributed by atoms with van der Waals surface area (Å²) in [4.78, 5) is 9.37. The highest BCUT2D eigenvalue weighted by molar-refractivity contribution is 6.09. The van der Waals surface area contributed by atoms with E-state index in [1.165, 1.54) is 38.7 Å². The molecule has 0 spiro atoms. The van der Waals surface area contributed by atoms with Crippen molar-refractivity contribution in [3.63, 3.8) is 0 Å². The van der Waals surface area contributed by atoms with Crippen LogP contribution in [0.5, 0.6) is 11.5 Å². The monoisotopic (exact) mass is 626 g/mol. The smallest absolute Gasteiger partial charge is 0.137 e. The van der Waals surface area contributed by atoms with Crippen LogP contribution < -0.4 is 14.5 Å². The Balaban J connectivity index is 1.08. The fraction of sp³-hybridized carbons (Fsp3) is 0.140. The summed E-state index contributed by atoms with van der Waals surface area (Å²) in [6.45, 7) is 9.62. The van der Waals surface area contributed by atoms with Gasteiger partial charge >= 0.3 is 0 Å². The van der Waals surface area contributed by atoms with Crippen LogP contribution in [-0.4, -0.2) is 16.2 Å². The highest BCUT2D eigenvalue weighted by Gasteiger charge is 2.20. The SMILES string of the molecule is Cc1c(-c2ccccc2)cccc1N1C=CN(c2cccc(Oc3ccc4c5ccccc5n(-c5cc(C(C)(C)C)ccn5)c4c3)c2)C1. The lowest BCUT2D eigenvalue weighted by molar-refractivity contribution is 0.483. The molecule has 0 bridgehead atoms. The van der Waals surface area contributed by atoms with Gasteiger partial charge in [-0.25, -0.2) is 4.98 Å². The van der Waals surface area contributed by atoms with E-state index in [4.69, 9.17) is 9.72 Å². The van der Waals surface area contributed by atoms with Crippen molar-refractivity contribution < 1.29 is 4.74 Å². The molecule has 7 aromatic rings. The van der Waals surface area contributed by atoms with E-state index in [1.807, 2.05) is 12.3 Å². The Kier molecular flexibility index (Phi) is 7.25. The topological polar surface area (TPSA) is 33.5 Å². The van der Waals surface area contributed by atoms with Gasteiger partial charge in [0.2, 0.25) is 0 Å². The normalized spacial score (nSPS) is 13.2. The fourth-order valence-electron chi connectivity index (χ4n) is 6.74. The van der Waals surface area contributed by atoms with Crippen molar-refractivity contribution in [3.05, 3.63) is 157 Å². The predicted octanol–water partition coefficient (Wildman–Crippen LogP) is 11.0. The molecule has 236 valence electrons. The van der Waals surface area contributed by atoms with E-state index in [-0.39, 0.29) is 5.41 Å². The zero-order valence-electron chi connectivity index (χ0n) is 27.8. The van der Waals surface area contributed by atoms with Crippen LogP contribution >= 0.6 is 0 Å². The van der Waals surface area contributed by atoms with Crippen molar-refractivity contribution in [2.24, 2.45) is 0 Å². The molecule has 1 aliphatic rings. The van der Waals surface area contributed by atoms with Gasteiger partial charge in [-0.15, -0.1) is 0 Å². The summed E-state index contributed by atoms with van der Waals surface area (Å²) < 4.78 is 8.80. The van der Waals surface area contributed by atoms with Crippen LogP contribution in [0.15, 0.2) is 146 Å².